The lowest BCUT2D eigenvalue weighted by Crippen LogP contribution is -2.18. The van der Waals surface area contributed by atoms with Crippen LogP contribution in [0, 0.1) is 0 Å². The van der Waals surface area contributed by atoms with Crippen molar-refractivity contribution in [2.24, 2.45) is 7.05 Å². The van der Waals surface area contributed by atoms with E-state index < -0.39 is 11.9 Å². The molecule has 0 saturated heterocycles. The second-order valence-corrected chi connectivity index (χ2v) is 7.86. The molecule has 1 atom stereocenters. The Morgan fingerprint density at radius 3 is 2.68 bits per heavy atom. The maximum Gasteiger partial charge on any atom is 0.356 e. The van der Waals surface area contributed by atoms with Crippen LogP contribution in [0.3, 0.4) is 0 Å². The van der Waals surface area contributed by atoms with E-state index in [2.05, 4.69) is 22.5 Å². The van der Waals surface area contributed by atoms with Crippen molar-refractivity contribution in [1.82, 2.24) is 9.55 Å². The monoisotopic (exact) mass is 462 g/mol. The van der Waals surface area contributed by atoms with E-state index in [9.17, 15) is 9.59 Å². The Morgan fingerprint density at radius 2 is 1.97 bits per heavy atom. The molecule has 0 radical (unpaired) electrons. The molecule has 3 aromatic heterocycles. The summed E-state index contributed by atoms with van der Waals surface area (Å²) in [5.41, 5.74) is 2.84. The highest BCUT2D eigenvalue weighted by Gasteiger charge is 2.25. The molecule has 1 amide bonds. The van der Waals surface area contributed by atoms with E-state index >= 15 is 0 Å². The van der Waals surface area contributed by atoms with Crippen LogP contribution in [0.1, 0.15) is 33.5 Å². The molecule has 4 rings (SSSR count). The number of hydrogen-bond donors (Lipinski definition) is 2. The second kappa shape index (κ2) is 9.70. The summed E-state index contributed by atoms with van der Waals surface area (Å²) >= 11 is 0. The third-order valence-electron chi connectivity index (χ3n) is 5.52. The number of rotatable bonds is 8. The number of benzene rings is 1. The number of aromatic nitrogens is 2. The van der Waals surface area contributed by atoms with E-state index in [-0.39, 0.29) is 17.5 Å². The molecule has 9 nitrogen and oxygen atoms in total. The number of fused-ring (bicyclic) bond motifs is 1. The molecular formula is C25H26N4O5. The first-order valence-corrected chi connectivity index (χ1v) is 10.7. The van der Waals surface area contributed by atoms with Gasteiger partial charge in [0.05, 0.1) is 38.1 Å². The van der Waals surface area contributed by atoms with Gasteiger partial charge in [-0.3, -0.25) is 4.79 Å². The fourth-order valence-electron chi connectivity index (χ4n) is 3.97. The molecule has 34 heavy (non-hydrogen) atoms. The van der Waals surface area contributed by atoms with Gasteiger partial charge in [-0.25, -0.2) is 9.78 Å². The number of carbonyl (C=O) groups excluding carboxylic acids is 2. The molecule has 0 spiro atoms. The number of nitrogens with zero attached hydrogens (tertiary/aromatic N) is 2. The van der Waals surface area contributed by atoms with Crippen molar-refractivity contribution in [2.45, 2.75) is 19.4 Å². The fourth-order valence-corrected chi connectivity index (χ4v) is 3.97. The topological polar surface area (TPSA) is 108 Å². The van der Waals surface area contributed by atoms with Gasteiger partial charge in [-0.05, 0) is 43.2 Å². The molecule has 1 unspecified atom stereocenters. The Labute approximate surface area is 196 Å². The maximum atomic E-state index is 12.7. The molecule has 176 valence electrons. The summed E-state index contributed by atoms with van der Waals surface area (Å²) in [4.78, 5) is 29.8. The number of esters is 1. The van der Waals surface area contributed by atoms with Gasteiger partial charge in [-0.1, -0.05) is 18.2 Å². The van der Waals surface area contributed by atoms with Crippen molar-refractivity contribution in [3.8, 4) is 5.75 Å². The van der Waals surface area contributed by atoms with Gasteiger partial charge >= 0.3 is 5.97 Å². The number of para-hydroxylation sites is 1. The maximum absolute atomic E-state index is 12.7. The van der Waals surface area contributed by atoms with Crippen molar-refractivity contribution in [1.29, 1.82) is 0 Å². The number of methoxy groups -OCH3 is 2. The zero-order chi connectivity index (χ0) is 24.2. The van der Waals surface area contributed by atoms with Gasteiger partial charge in [0.2, 0.25) is 0 Å². The standard InChI is InChI=1S/C25H26N4O5/c1-15(12-16-8-5-6-9-19(16)32-3)27-17-13-18-21(28-24(30)20-10-7-11-34-20)22(25(31)33-4)29(2)23(18)26-14-17/h5-11,13-15,27H,12H2,1-4H3,(H,28,30). The van der Waals surface area contributed by atoms with Gasteiger partial charge in [-0.2, -0.15) is 0 Å². The zero-order valence-electron chi connectivity index (χ0n) is 19.4. The molecule has 2 N–H and O–H groups in total. The SMILES string of the molecule is COC(=O)c1c(NC(=O)c2ccco2)c2cc(NC(C)Cc3ccccc3OC)cnc2n1C. The summed E-state index contributed by atoms with van der Waals surface area (Å²) in [6.45, 7) is 2.06. The van der Waals surface area contributed by atoms with Crippen LogP contribution in [0.25, 0.3) is 11.0 Å². The van der Waals surface area contributed by atoms with Gasteiger partial charge in [0.15, 0.2) is 11.5 Å². The minimum absolute atomic E-state index is 0.0560. The van der Waals surface area contributed by atoms with Crippen molar-refractivity contribution in [3.63, 3.8) is 0 Å². The second-order valence-electron chi connectivity index (χ2n) is 7.86. The first-order valence-electron chi connectivity index (χ1n) is 10.7. The lowest BCUT2D eigenvalue weighted by atomic mass is 10.1. The lowest BCUT2D eigenvalue weighted by molar-refractivity contribution is 0.0591. The average Bonchev–Trinajstić information content (AvgIpc) is 3.46. The molecule has 0 aliphatic rings. The summed E-state index contributed by atoms with van der Waals surface area (Å²) in [6.07, 6.45) is 3.83. The normalized spacial score (nSPS) is 11.8. The number of pyridine rings is 1. The highest BCUT2D eigenvalue weighted by molar-refractivity contribution is 6.14. The van der Waals surface area contributed by atoms with Crippen molar-refractivity contribution >= 4 is 34.3 Å². The number of furan rings is 1. The summed E-state index contributed by atoms with van der Waals surface area (Å²) in [5, 5.41) is 6.82. The van der Waals surface area contributed by atoms with Crippen LogP contribution in [-0.4, -0.2) is 41.7 Å². The molecule has 9 heteroatoms. The van der Waals surface area contributed by atoms with E-state index in [1.165, 1.54) is 13.4 Å². The van der Waals surface area contributed by atoms with Gasteiger partial charge in [0.25, 0.3) is 5.91 Å². The minimum Gasteiger partial charge on any atom is -0.496 e. The molecule has 1 aromatic carbocycles. The van der Waals surface area contributed by atoms with Crippen LogP contribution in [0.15, 0.2) is 59.3 Å². The molecule has 0 saturated carbocycles. The number of hydrogen-bond acceptors (Lipinski definition) is 7. The van der Waals surface area contributed by atoms with Crippen LogP contribution < -0.4 is 15.4 Å². The van der Waals surface area contributed by atoms with E-state index in [0.29, 0.717) is 16.7 Å². The molecule has 0 bridgehead atoms. The predicted molar refractivity (Wildman–Crippen MR) is 128 cm³/mol. The quantitative estimate of drug-likeness (QED) is 0.377. The van der Waals surface area contributed by atoms with Crippen LogP contribution in [0.5, 0.6) is 5.75 Å². The average molecular weight is 463 g/mol. The largest absolute Gasteiger partial charge is 0.496 e. The van der Waals surface area contributed by atoms with Crippen LogP contribution in [0.2, 0.25) is 0 Å². The van der Waals surface area contributed by atoms with Gasteiger partial charge in [0, 0.05) is 18.5 Å². The highest BCUT2D eigenvalue weighted by atomic mass is 16.5. The summed E-state index contributed by atoms with van der Waals surface area (Å²) in [6, 6.07) is 12.9. The zero-order valence-corrected chi connectivity index (χ0v) is 19.4. The number of amides is 1. The van der Waals surface area contributed by atoms with Crippen LogP contribution >= 0.6 is 0 Å². The Kier molecular flexibility index (Phi) is 6.53. The van der Waals surface area contributed by atoms with Crippen LogP contribution in [0.4, 0.5) is 11.4 Å². The summed E-state index contributed by atoms with van der Waals surface area (Å²) < 4.78 is 17.2. The van der Waals surface area contributed by atoms with Crippen LogP contribution in [-0.2, 0) is 18.2 Å². The highest BCUT2D eigenvalue weighted by Crippen LogP contribution is 2.32. The van der Waals surface area contributed by atoms with E-state index in [1.807, 2.05) is 30.3 Å². The van der Waals surface area contributed by atoms with Crippen molar-refractivity contribution in [2.75, 3.05) is 24.9 Å². The Morgan fingerprint density at radius 1 is 1.18 bits per heavy atom. The summed E-state index contributed by atoms with van der Waals surface area (Å²) in [5.74, 6) is -0.112. The van der Waals surface area contributed by atoms with E-state index in [1.54, 1.807) is 37.1 Å². The molecule has 4 aromatic rings. The Bertz CT molecular complexity index is 1330. The number of ether oxygens (including phenoxy) is 2. The number of nitrogens with one attached hydrogen (secondary N) is 2. The first-order chi connectivity index (χ1) is 16.4. The van der Waals surface area contributed by atoms with Crippen molar-refractivity contribution < 1.29 is 23.5 Å². The third kappa shape index (κ3) is 4.45. The molecular weight excluding hydrogens is 436 g/mol. The van der Waals surface area contributed by atoms with E-state index in [0.717, 1.165) is 23.4 Å². The molecule has 3 heterocycles. The Hall–Kier alpha value is -4.27. The lowest BCUT2D eigenvalue weighted by Gasteiger charge is -2.17. The van der Waals surface area contributed by atoms with Gasteiger partial charge < -0.3 is 29.1 Å². The van der Waals surface area contributed by atoms with Gasteiger partial charge in [-0.15, -0.1) is 0 Å². The minimum atomic E-state index is -0.589. The molecule has 0 fully saturated rings. The first kappa shape index (κ1) is 22.9. The fraction of sp³-hybridized carbons (Fsp3) is 0.240. The van der Waals surface area contributed by atoms with Gasteiger partial charge in [0.1, 0.15) is 11.4 Å². The molecule has 0 aliphatic heterocycles. The Balaban J connectivity index is 1.67. The number of aryl methyl sites for hydroxylation is 1. The number of anilines is 2. The van der Waals surface area contributed by atoms with Crippen molar-refractivity contribution in [3.05, 3.63) is 71.9 Å². The summed E-state index contributed by atoms with van der Waals surface area (Å²) in [7, 11) is 4.64. The number of carbonyl (C=O) groups is 2. The molecule has 0 aliphatic carbocycles. The third-order valence-corrected chi connectivity index (χ3v) is 5.52. The smallest absolute Gasteiger partial charge is 0.356 e. The predicted octanol–water partition coefficient (Wildman–Crippen LogP) is 4.26. The van der Waals surface area contributed by atoms with E-state index in [4.69, 9.17) is 13.9 Å².